The Kier molecular flexibility index (Phi) is 6.74. The Hall–Kier alpha value is -4.06. The first-order valence-corrected chi connectivity index (χ1v) is 12.2. The van der Waals surface area contributed by atoms with Gasteiger partial charge in [-0.2, -0.15) is 18.3 Å². The minimum Gasteiger partial charge on any atom is -0.322 e. The second-order valence-corrected chi connectivity index (χ2v) is 9.50. The molecule has 3 aromatic heterocycles. The molecule has 1 aliphatic heterocycles. The van der Waals surface area contributed by atoms with E-state index in [1.165, 1.54) is 10.9 Å². The van der Waals surface area contributed by atoms with E-state index in [9.17, 15) is 18.0 Å². The van der Waals surface area contributed by atoms with Crippen LogP contribution in [-0.2, 0) is 19.8 Å². The summed E-state index contributed by atoms with van der Waals surface area (Å²) in [6.45, 7) is 5.78. The van der Waals surface area contributed by atoms with Crippen molar-refractivity contribution in [2.45, 2.75) is 39.4 Å². The van der Waals surface area contributed by atoms with Gasteiger partial charge in [0.1, 0.15) is 5.69 Å². The Bertz CT molecular complexity index is 1480. The van der Waals surface area contributed by atoms with E-state index in [0.29, 0.717) is 29.2 Å². The summed E-state index contributed by atoms with van der Waals surface area (Å²) in [4.78, 5) is 19.5. The maximum Gasteiger partial charge on any atom is 0.416 e. The van der Waals surface area contributed by atoms with Crippen molar-refractivity contribution < 1.29 is 18.0 Å². The number of aromatic nitrogens is 6. The number of alkyl halides is 3. The molecule has 38 heavy (non-hydrogen) atoms. The third kappa shape index (κ3) is 5.30. The van der Waals surface area contributed by atoms with Crippen molar-refractivity contribution in [3.05, 3.63) is 70.9 Å². The van der Waals surface area contributed by atoms with Crippen LogP contribution in [0, 0.1) is 13.8 Å². The van der Waals surface area contributed by atoms with Gasteiger partial charge in [-0.3, -0.25) is 19.4 Å². The number of nitrogens with one attached hydrogen (secondary N) is 1. The quantitative estimate of drug-likeness (QED) is 0.398. The number of amides is 1. The highest BCUT2D eigenvalue weighted by molar-refractivity contribution is 6.04. The number of carbonyl (C=O) groups excluding carboxylic acids is 1. The number of halogens is 3. The normalized spacial score (nSPS) is 14.3. The second kappa shape index (κ2) is 10.0. The molecule has 9 nitrogen and oxygen atoms in total. The van der Waals surface area contributed by atoms with Crippen molar-refractivity contribution in [3.8, 4) is 16.9 Å². The van der Waals surface area contributed by atoms with Gasteiger partial charge in [0.25, 0.3) is 5.91 Å². The number of likely N-dealkylation sites (tertiary alicyclic amines) is 1. The molecule has 0 spiro atoms. The molecule has 1 aliphatic rings. The molecule has 0 unspecified atom stereocenters. The summed E-state index contributed by atoms with van der Waals surface area (Å²) in [7, 11) is 1.83. The average Bonchev–Trinajstić information content (AvgIpc) is 3.62. The van der Waals surface area contributed by atoms with Crippen LogP contribution in [0.3, 0.4) is 0 Å². The fourth-order valence-electron chi connectivity index (χ4n) is 4.55. The number of hydrogen-bond acceptors (Lipinski definition) is 6. The summed E-state index contributed by atoms with van der Waals surface area (Å²) in [6, 6.07) is 5.28. The molecule has 198 valence electrons. The van der Waals surface area contributed by atoms with E-state index in [1.54, 1.807) is 36.1 Å². The van der Waals surface area contributed by atoms with Gasteiger partial charge in [0, 0.05) is 36.7 Å². The minimum atomic E-state index is -4.53. The van der Waals surface area contributed by atoms with E-state index >= 15 is 0 Å². The third-order valence-electron chi connectivity index (χ3n) is 6.76. The van der Waals surface area contributed by atoms with Gasteiger partial charge in [-0.1, -0.05) is 5.21 Å². The van der Waals surface area contributed by atoms with Crippen LogP contribution in [0.5, 0.6) is 0 Å². The first-order valence-electron chi connectivity index (χ1n) is 12.2. The first-order chi connectivity index (χ1) is 18.1. The maximum absolute atomic E-state index is 13.6. The summed E-state index contributed by atoms with van der Waals surface area (Å²) >= 11 is 0. The van der Waals surface area contributed by atoms with Gasteiger partial charge >= 0.3 is 6.18 Å². The molecule has 1 amide bonds. The highest BCUT2D eigenvalue weighted by atomic mass is 19.4. The van der Waals surface area contributed by atoms with Crippen molar-refractivity contribution in [3.63, 3.8) is 0 Å². The van der Waals surface area contributed by atoms with E-state index in [1.807, 2.05) is 14.0 Å². The van der Waals surface area contributed by atoms with Crippen LogP contribution >= 0.6 is 0 Å². The van der Waals surface area contributed by atoms with Crippen LogP contribution in [0.2, 0.25) is 0 Å². The lowest BCUT2D eigenvalue weighted by Gasteiger charge is -2.18. The number of rotatable bonds is 6. The second-order valence-electron chi connectivity index (χ2n) is 9.50. The van der Waals surface area contributed by atoms with Crippen LogP contribution in [0.4, 0.5) is 18.9 Å². The predicted molar refractivity (Wildman–Crippen MR) is 135 cm³/mol. The molecular weight excluding hydrogens is 497 g/mol. The molecule has 0 saturated carbocycles. The summed E-state index contributed by atoms with van der Waals surface area (Å²) in [6.07, 6.45) is 2.33. The molecule has 1 saturated heterocycles. The van der Waals surface area contributed by atoms with Crippen LogP contribution in [0.15, 0.2) is 42.9 Å². The van der Waals surface area contributed by atoms with Crippen molar-refractivity contribution >= 4 is 11.6 Å². The molecule has 5 rings (SSSR count). The standard InChI is InChI=1S/C26H27F3N8O/c1-16-24(37-15-23(33-34-37)22-13-31-35(3)17(22)2)10-19(12-30-16)25(38)32-21-9-18(14-36-6-4-5-7-36)8-20(11-21)26(27,28)29/h8-13,15H,4-7,14H2,1-3H3,(H,32,38). The number of hydrogen-bond donors (Lipinski definition) is 1. The van der Waals surface area contributed by atoms with E-state index in [4.69, 9.17) is 0 Å². The van der Waals surface area contributed by atoms with Gasteiger partial charge in [-0.25, -0.2) is 4.68 Å². The Morgan fingerprint density at radius 3 is 2.53 bits per heavy atom. The molecule has 0 atom stereocenters. The number of carbonyl (C=O) groups is 1. The molecule has 0 aliphatic carbocycles. The molecule has 1 aromatic carbocycles. The van der Waals surface area contributed by atoms with E-state index < -0.39 is 17.6 Å². The number of anilines is 1. The highest BCUT2D eigenvalue weighted by Crippen LogP contribution is 2.33. The predicted octanol–water partition coefficient (Wildman–Crippen LogP) is 4.55. The van der Waals surface area contributed by atoms with Crippen LogP contribution in [0.25, 0.3) is 16.9 Å². The van der Waals surface area contributed by atoms with Gasteiger partial charge < -0.3 is 5.32 Å². The van der Waals surface area contributed by atoms with Gasteiger partial charge in [0.05, 0.1) is 34.9 Å². The van der Waals surface area contributed by atoms with Crippen LogP contribution in [-0.4, -0.2) is 53.7 Å². The molecule has 1 fully saturated rings. The van der Waals surface area contributed by atoms with Crippen LogP contribution < -0.4 is 5.32 Å². The monoisotopic (exact) mass is 524 g/mol. The molecule has 12 heteroatoms. The fraction of sp³-hybridized carbons (Fsp3) is 0.346. The van der Waals surface area contributed by atoms with Crippen LogP contribution in [0.1, 0.15) is 45.7 Å². The minimum absolute atomic E-state index is 0.0799. The average molecular weight is 525 g/mol. The SMILES string of the molecule is Cc1ncc(C(=O)Nc2cc(CN3CCCC3)cc(C(F)(F)F)c2)cc1-n1cc(-c2cnn(C)c2C)nn1. The van der Waals surface area contributed by atoms with E-state index in [2.05, 4.69) is 30.6 Å². The molecule has 0 bridgehead atoms. The van der Waals surface area contributed by atoms with Crippen molar-refractivity contribution in [1.82, 2.24) is 34.7 Å². The Labute approximate surface area is 217 Å². The lowest BCUT2D eigenvalue weighted by atomic mass is 10.1. The lowest BCUT2D eigenvalue weighted by molar-refractivity contribution is -0.137. The number of benzene rings is 1. The Balaban J connectivity index is 1.41. The Morgan fingerprint density at radius 1 is 1.08 bits per heavy atom. The molecular formula is C26H27F3N8O. The zero-order valence-electron chi connectivity index (χ0n) is 21.2. The van der Waals surface area contributed by atoms with Gasteiger partial charge in [-0.05, 0) is 69.6 Å². The van der Waals surface area contributed by atoms with Gasteiger partial charge in [-0.15, -0.1) is 5.10 Å². The van der Waals surface area contributed by atoms with Crippen molar-refractivity contribution in [2.75, 3.05) is 18.4 Å². The Morgan fingerprint density at radius 2 is 1.84 bits per heavy atom. The number of aryl methyl sites for hydroxylation is 2. The smallest absolute Gasteiger partial charge is 0.322 e. The summed E-state index contributed by atoms with van der Waals surface area (Å²) in [5.41, 5.74) is 3.45. The molecule has 1 N–H and O–H groups in total. The van der Waals surface area contributed by atoms with Crippen molar-refractivity contribution in [1.29, 1.82) is 0 Å². The lowest BCUT2D eigenvalue weighted by Crippen LogP contribution is -2.20. The summed E-state index contributed by atoms with van der Waals surface area (Å²) < 4.78 is 44.0. The summed E-state index contributed by atoms with van der Waals surface area (Å²) in [5, 5.41) is 15.3. The fourth-order valence-corrected chi connectivity index (χ4v) is 4.55. The third-order valence-corrected chi connectivity index (χ3v) is 6.76. The largest absolute Gasteiger partial charge is 0.416 e. The topological polar surface area (TPSA) is 93.8 Å². The van der Waals surface area contributed by atoms with Gasteiger partial charge in [0.15, 0.2) is 0 Å². The molecule has 4 heterocycles. The van der Waals surface area contributed by atoms with E-state index in [-0.39, 0.29) is 11.3 Å². The maximum atomic E-state index is 13.6. The zero-order valence-corrected chi connectivity index (χ0v) is 21.2. The first kappa shape index (κ1) is 25.6. The highest BCUT2D eigenvalue weighted by Gasteiger charge is 2.31. The van der Waals surface area contributed by atoms with Gasteiger partial charge in [0.2, 0.25) is 0 Å². The zero-order chi connectivity index (χ0) is 27.0. The summed E-state index contributed by atoms with van der Waals surface area (Å²) in [5.74, 6) is -0.575. The number of pyridine rings is 1. The molecule has 0 radical (unpaired) electrons. The number of nitrogens with zero attached hydrogens (tertiary/aromatic N) is 7. The molecule has 4 aromatic rings. The van der Waals surface area contributed by atoms with E-state index in [0.717, 1.165) is 49.3 Å². The van der Waals surface area contributed by atoms with Crippen molar-refractivity contribution in [2.24, 2.45) is 7.05 Å².